The van der Waals surface area contributed by atoms with E-state index in [-0.39, 0.29) is 30.0 Å². The van der Waals surface area contributed by atoms with Crippen LogP contribution in [0.25, 0.3) is 10.9 Å². The minimum absolute atomic E-state index is 0.0634. The lowest BCUT2D eigenvalue weighted by Gasteiger charge is -2.56. The fourth-order valence-corrected chi connectivity index (χ4v) is 5.11. The zero-order valence-corrected chi connectivity index (χ0v) is 18.2. The van der Waals surface area contributed by atoms with Crippen molar-refractivity contribution < 1.29 is 19.4 Å². The lowest BCUT2D eigenvalue weighted by molar-refractivity contribution is -0.136. The van der Waals surface area contributed by atoms with Gasteiger partial charge < -0.3 is 29.5 Å². The number of ether oxygens (including phenoxy) is 1. The van der Waals surface area contributed by atoms with Crippen LogP contribution in [0.3, 0.4) is 0 Å². The number of hydrogen-bond acceptors (Lipinski definition) is 4. The molecule has 8 heteroatoms. The largest absolute Gasteiger partial charge is 0.497 e. The molecule has 0 saturated carbocycles. The Hall–Kier alpha value is -2.74. The van der Waals surface area contributed by atoms with Gasteiger partial charge in [-0.15, -0.1) is 0 Å². The van der Waals surface area contributed by atoms with Crippen LogP contribution < -0.4 is 10.1 Å². The number of amides is 3. The van der Waals surface area contributed by atoms with Crippen LogP contribution >= 0.6 is 0 Å². The van der Waals surface area contributed by atoms with Crippen molar-refractivity contribution >= 4 is 22.8 Å². The third-order valence-corrected chi connectivity index (χ3v) is 6.41. The first-order chi connectivity index (χ1) is 14.2. The van der Waals surface area contributed by atoms with Crippen LogP contribution in [0.15, 0.2) is 18.2 Å². The second kappa shape index (κ2) is 7.19. The molecule has 8 nitrogen and oxygen atoms in total. The van der Waals surface area contributed by atoms with E-state index in [1.807, 2.05) is 39.1 Å². The smallest absolute Gasteiger partial charge is 0.317 e. The van der Waals surface area contributed by atoms with E-state index in [0.717, 1.165) is 27.9 Å². The van der Waals surface area contributed by atoms with Gasteiger partial charge in [0.15, 0.2) is 0 Å². The monoisotopic (exact) mass is 414 g/mol. The van der Waals surface area contributed by atoms with E-state index in [0.29, 0.717) is 19.6 Å². The second-order valence-electron chi connectivity index (χ2n) is 8.79. The van der Waals surface area contributed by atoms with Gasteiger partial charge in [-0.05, 0) is 31.5 Å². The zero-order chi connectivity index (χ0) is 21.8. The minimum atomic E-state index is -0.412. The molecule has 3 heterocycles. The lowest BCUT2D eigenvalue weighted by Crippen LogP contribution is -2.69. The van der Waals surface area contributed by atoms with Crippen molar-refractivity contribution in [3.05, 3.63) is 29.5 Å². The number of fused-ring (bicyclic) bond motifs is 4. The maximum absolute atomic E-state index is 12.5. The van der Waals surface area contributed by atoms with Crippen LogP contribution in [0.1, 0.15) is 38.1 Å². The van der Waals surface area contributed by atoms with Gasteiger partial charge in [-0.3, -0.25) is 4.79 Å². The zero-order valence-electron chi connectivity index (χ0n) is 18.2. The number of urea groups is 1. The minimum Gasteiger partial charge on any atom is -0.497 e. The summed E-state index contributed by atoms with van der Waals surface area (Å²) in [7, 11) is 3.60. The predicted molar refractivity (Wildman–Crippen MR) is 114 cm³/mol. The number of aromatic nitrogens is 1. The highest BCUT2D eigenvalue weighted by atomic mass is 16.5. The number of aryl methyl sites for hydroxylation is 1. The first kappa shape index (κ1) is 20.5. The number of aliphatic hydroxyl groups excluding tert-OH is 1. The number of carbonyl (C=O) groups is 2. The van der Waals surface area contributed by atoms with Gasteiger partial charge in [0.25, 0.3) is 0 Å². The molecule has 0 radical (unpaired) electrons. The number of benzene rings is 1. The fourth-order valence-electron chi connectivity index (χ4n) is 5.11. The molecule has 1 aromatic carbocycles. The molecule has 0 aliphatic carbocycles. The maximum Gasteiger partial charge on any atom is 0.317 e. The topological polar surface area (TPSA) is 87.0 Å². The van der Waals surface area contributed by atoms with Crippen molar-refractivity contribution in [3.8, 4) is 5.75 Å². The highest BCUT2D eigenvalue weighted by Crippen LogP contribution is 2.49. The Kier molecular flexibility index (Phi) is 4.92. The summed E-state index contributed by atoms with van der Waals surface area (Å²) >= 11 is 0. The third-order valence-electron chi connectivity index (χ3n) is 6.41. The SMILES string of the molecule is COc1ccc2c3c(n(C)c2c1)[C@H](CO)N(C(C)=O)CC31CN(C(=O)NC(C)C)C1. The Morgan fingerprint density at radius 1 is 1.30 bits per heavy atom. The Bertz CT molecular complexity index is 1010. The van der Waals surface area contributed by atoms with E-state index in [1.54, 1.807) is 16.9 Å². The quantitative estimate of drug-likeness (QED) is 0.801. The first-order valence-corrected chi connectivity index (χ1v) is 10.3. The van der Waals surface area contributed by atoms with Gasteiger partial charge in [-0.2, -0.15) is 0 Å². The van der Waals surface area contributed by atoms with Crippen molar-refractivity contribution in [2.24, 2.45) is 7.05 Å². The summed E-state index contributed by atoms with van der Waals surface area (Å²) in [6.07, 6.45) is 0. The van der Waals surface area contributed by atoms with Crippen LogP contribution in [0.2, 0.25) is 0 Å². The van der Waals surface area contributed by atoms with Crippen LogP contribution in [-0.2, 0) is 17.3 Å². The Balaban J connectivity index is 1.85. The van der Waals surface area contributed by atoms with E-state index < -0.39 is 6.04 Å². The summed E-state index contributed by atoms with van der Waals surface area (Å²) in [6, 6.07) is 5.53. The molecule has 2 aromatic rings. The van der Waals surface area contributed by atoms with E-state index in [4.69, 9.17) is 4.74 Å². The van der Waals surface area contributed by atoms with E-state index in [9.17, 15) is 14.7 Å². The molecule has 2 aliphatic heterocycles. The predicted octanol–water partition coefficient (Wildman–Crippen LogP) is 1.75. The Labute approximate surface area is 176 Å². The van der Waals surface area contributed by atoms with Gasteiger partial charge in [0, 0.05) is 56.8 Å². The van der Waals surface area contributed by atoms with E-state index >= 15 is 0 Å². The van der Waals surface area contributed by atoms with Crippen molar-refractivity contribution in [2.75, 3.05) is 33.4 Å². The molecule has 2 N–H and O–H groups in total. The first-order valence-electron chi connectivity index (χ1n) is 10.3. The molecule has 1 atom stereocenters. The molecule has 0 unspecified atom stereocenters. The number of nitrogens with zero attached hydrogens (tertiary/aromatic N) is 3. The number of likely N-dealkylation sites (tertiary alicyclic amines) is 1. The highest BCUT2D eigenvalue weighted by Gasteiger charge is 2.55. The van der Waals surface area contributed by atoms with E-state index in [1.165, 1.54) is 6.92 Å². The average Bonchev–Trinajstić information content (AvgIpc) is 2.97. The number of hydrogen-bond donors (Lipinski definition) is 2. The molecule has 4 rings (SSSR count). The molecule has 0 bridgehead atoms. The van der Waals surface area contributed by atoms with Gasteiger partial charge in [-0.25, -0.2) is 4.79 Å². The summed E-state index contributed by atoms with van der Waals surface area (Å²) in [6.45, 7) is 6.81. The van der Waals surface area contributed by atoms with Crippen LogP contribution in [0, 0.1) is 0 Å². The summed E-state index contributed by atoms with van der Waals surface area (Å²) in [5.41, 5.74) is 2.71. The number of methoxy groups -OCH3 is 1. The van der Waals surface area contributed by atoms with Crippen LogP contribution in [-0.4, -0.2) is 70.8 Å². The fraction of sp³-hybridized carbons (Fsp3) is 0.545. The maximum atomic E-state index is 12.5. The summed E-state index contributed by atoms with van der Waals surface area (Å²) < 4.78 is 7.47. The molecule has 3 amide bonds. The average molecular weight is 415 g/mol. The highest BCUT2D eigenvalue weighted by molar-refractivity contribution is 5.90. The van der Waals surface area contributed by atoms with E-state index in [2.05, 4.69) is 9.88 Å². The van der Waals surface area contributed by atoms with Gasteiger partial charge in [0.05, 0.1) is 30.7 Å². The van der Waals surface area contributed by atoms with Crippen molar-refractivity contribution in [1.82, 2.24) is 19.7 Å². The third kappa shape index (κ3) is 2.93. The number of rotatable bonds is 3. The molecule has 2 aliphatic rings. The van der Waals surface area contributed by atoms with Crippen LogP contribution in [0.5, 0.6) is 5.75 Å². The number of aliphatic hydroxyl groups is 1. The van der Waals surface area contributed by atoms with Gasteiger partial charge in [0.1, 0.15) is 5.75 Å². The molecule has 1 fully saturated rings. The molecule has 1 aromatic heterocycles. The second-order valence-corrected chi connectivity index (χ2v) is 8.79. The van der Waals surface area contributed by atoms with Gasteiger partial charge in [0.2, 0.25) is 5.91 Å². The molecular weight excluding hydrogens is 384 g/mol. The molecule has 162 valence electrons. The van der Waals surface area contributed by atoms with Crippen molar-refractivity contribution in [2.45, 2.75) is 38.3 Å². The summed E-state index contributed by atoms with van der Waals surface area (Å²) in [5, 5.41) is 14.2. The van der Waals surface area contributed by atoms with Crippen LogP contribution in [0.4, 0.5) is 4.79 Å². The number of nitrogens with one attached hydrogen (secondary N) is 1. The number of carbonyl (C=O) groups excluding carboxylic acids is 2. The summed E-state index contributed by atoms with van der Waals surface area (Å²) in [4.78, 5) is 28.6. The Morgan fingerprint density at radius 2 is 2.00 bits per heavy atom. The Morgan fingerprint density at radius 3 is 2.57 bits per heavy atom. The summed E-state index contributed by atoms with van der Waals surface area (Å²) in [5.74, 6) is 0.678. The molecule has 30 heavy (non-hydrogen) atoms. The lowest BCUT2D eigenvalue weighted by atomic mass is 9.68. The molecular formula is C22H30N4O4. The standard InChI is InChI=1S/C22H30N4O4/c1-13(2)23-21(29)25-10-22(11-25)12-26(14(3)28)18(9-27)20-19(22)16-7-6-15(30-5)8-17(16)24(20)4/h6-8,13,18,27H,9-12H2,1-5H3,(H,23,29)/t18-/m0/s1. The van der Waals surface area contributed by atoms with Crippen molar-refractivity contribution in [1.29, 1.82) is 0 Å². The van der Waals surface area contributed by atoms with Crippen molar-refractivity contribution in [3.63, 3.8) is 0 Å². The van der Waals surface area contributed by atoms with Gasteiger partial charge >= 0.3 is 6.03 Å². The molecule has 1 saturated heterocycles. The molecule has 1 spiro atoms. The normalized spacial score (nSPS) is 19.8. The van der Waals surface area contributed by atoms with Gasteiger partial charge in [-0.1, -0.05) is 0 Å².